The molecule has 2 aromatic rings. The van der Waals surface area contributed by atoms with Crippen molar-refractivity contribution in [2.24, 2.45) is 0 Å². The number of carbonyl (C=O) groups excluding carboxylic acids is 2. The van der Waals surface area contributed by atoms with Gasteiger partial charge in [0.05, 0.1) is 5.69 Å². The maximum atomic E-state index is 12.9. The van der Waals surface area contributed by atoms with E-state index in [1.807, 2.05) is 0 Å². The lowest BCUT2D eigenvalue weighted by Gasteiger charge is -2.11. The molecule has 0 saturated heterocycles. The van der Waals surface area contributed by atoms with E-state index in [1.54, 1.807) is 6.20 Å². The number of hydrogen-bond donors (Lipinski definition) is 1. The highest BCUT2D eigenvalue weighted by atomic mass is 19.1. The topological polar surface area (TPSA) is 49.9 Å². The van der Waals surface area contributed by atoms with Crippen LogP contribution in [0.15, 0.2) is 30.5 Å². The Bertz CT molecular complexity index is 655. The number of nitrogens with one attached hydrogen (secondary N) is 1. The molecule has 1 aliphatic carbocycles. The van der Waals surface area contributed by atoms with Crippen molar-refractivity contribution in [3.8, 4) is 0 Å². The number of halogens is 1. The van der Waals surface area contributed by atoms with Crippen LogP contribution in [-0.2, 0) is 6.42 Å². The van der Waals surface area contributed by atoms with Gasteiger partial charge < -0.3 is 4.98 Å². The molecule has 3 nitrogen and oxygen atoms in total. The molecule has 1 aromatic heterocycles. The number of rotatable bonds is 2. The van der Waals surface area contributed by atoms with Gasteiger partial charge >= 0.3 is 0 Å². The van der Waals surface area contributed by atoms with Crippen molar-refractivity contribution in [1.29, 1.82) is 0 Å². The minimum absolute atomic E-state index is 0.0793. The van der Waals surface area contributed by atoms with E-state index in [9.17, 15) is 14.0 Å². The van der Waals surface area contributed by atoms with Crippen molar-refractivity contribution in [2.45, 2.75) is 19.3 Å². The number of carbonyl (C=O) groups is 2. The third-order valence-electron chi connectivity index (χ3n) is 3.45. The van der Waals surface area contributed by atoms with Gasteiger partial charge in [-0.15, -0.1) is 0 Å². The second kappa shape index (κ2) is 4.46. The largest absolute Gasteiger partial charge is 0.358 e. The SMILES string of the molecule is O=C1CCCc2c1c[nH]c2C(=O)c1ccc(F)cc1. The van der Waals surface area contributed by atoms with Gasteiger partial charge in [0.15, 0.2) is 5.78 Å². The Labute approximate surface area is 109 Å². The number of ketones is 2. The zero-order valence-corrected chi connectivity index (χ0v) is 10.2. The molecule has 19 heavy (non-hydrogen) atoms. The fraction of sp³-hybridized carbons (Fsp3) is 0.200. The highest BCUT2D eigenvalue weighted by Gasteiger charge is 2.25. The van der Waals surface area contributed by atoms with Crippen LogP contribution in [0.1, 0.15) is 44.8 Å². The molecular weight excluding hydrogens is 245 g/mol. The lowest BCUT2D eigenvalue weighted by Crippen LogP contribution is -2.12. The Morgan fingerprint density at radius 3 is 2.63 bits per heavy atom. The molecule has 1 heterocycles. The number of Topliss-reactive ketones (excluding diaryl/α,β-unsaturated/α-hetero) is 1. The van der Waals surface area contributed by atoms with Crippen LogP contribution in [0, 0.1) is 5.82 Å². The zero-order chi connectivity index (χ0) is 13.4. The van der Waals surface area contributed by atoms with Crippen molar-refractivity contribution in [2.75, 3.05) is 0 Å². The Hall–Kier alpha value is -2.23. The molecule has 0 spiro atoms. The predicted molar refractivity (Wildman–Crippen MR) is 67.9 cm³/mol. The van der Waals surface area contributed by atoms with Gasteiger partial charge in [-0.2, -0.15) is 0 Å². The summed E-state index contributed by atoms with van der Waals surface area (Å²) in [5, 5.41) is 0. The quantitative estimate of drug-likeness (QED) is 0.841. The molecule has 1 aromatic carbocycles. The molecule has 0 radical (unpaired) electrons. The number of aromatic amines is 1. The highest BCUT2D eigenvalue weighted by molar-refractivity contribution is 6.11. The van der Waals surface area contributed by atoms with Gasteiger partial charge in [0.25, 0.3) is 0 Å². The van der Waals surface area contributed by atoms with Crippen LogP contribution in [0.3, 0.4) is 0 Å². The van der Waals surface area contributed by atoms with Gasteiger partial charge in [-0.1, -0.05) is 0 Å². The number of fused-ring (bicyclic) bond motifs is 1. The minimum Gasteiger partial charge on any atom is -0.358 e. The number of benzene rings is 1. The summed E-state index contributed by atoms with van der Waals surface area (Å²) in [6, 6.07) is 5.42. The Kier molecular flexibility index (Phi) is 2.78. The molecule has 0 saturated carbocycles. The zero-order valence-electron chi connectivity index (χ0n) is 10.2. The molecule has 0 aliphatic heterocycles. The second-order valence-corrected chi connectivity index (χ2v) is 4.67. The van der Waals surface area contributed by atoms with E-state index in [1.165, 1.54) is 24.3 Å². The lowest BCUT2D eigenvalue weighted by molar-refractivity contribution is 0.0973. The maximum absolute atomic E-state index is 12.9. The number of H-pyrrole nitrogens is 1. The molecule has 0 fully saturated rings. The number of hydrogen-bond acceptors (Lipinski definition) is 2. The van der Waals surface area contributed by atoms with Gasteiger partial charge in [-0.25, -0.2) is 4.39 Å². The summed E-state index contributed by atoms with van der Waals surface area (Å²) in [6.45, 7) is 0. The van der Waals surface area contributed by atoms with Crippen LogP contribution in [0.5, 0.6) is 0 Å². The average Bonchev–Trinajstić information content (AvgIpc) is 2.84. The van der Waals surface area contributed by atoms with Gasteiger partial charge in [0, 0.05) is 23.7 Å². The van der Waals surface area contributed by atoms with Crippen LogP contribution in [-0.4, -0.2) is 16.6 Å². The summed E-state index contributed by atoms with van der Waals surface area (Å²) in [5.41, 5.74) is 2.29. The standard InChI is InChI=1S/C15H12FNO2/c16-10-6-4-9(5-7-10)15(19)14-11-2-1-3-13(18)12(11)8-17-14/h4-8,17H,1-3H2. The van der Waals surface area contributed by atoms with E-state index in [0.29, 0.717) is 23.2 Å². The van der Waals surface area contributed by atoms with E-state index in [2.05, 4.69) is 4.98 Å². The molecule has 1 aliphatic rings. The summed E-state index contributed by atoms with van der Waals surface area (Å²) in [4.78, 5) is 26.9. The molecule has 4 heteroatoms. The van der Waals surface area contributed by atoms with Crippen molar-refractivity contribution in [3.63, 3.8) is 0 Å². The monoisotopic (exact) mass is 257 g/mol. The summed E-state index contributed by atoms with van der Waals surface area (Å²) in [6.07, 6.45) is 3.64. The van der Waals surface area contributed by atoms with Crippen LogP contribution in [0.4, 0.5) is 4.39 Å². The summed E-state index contributed by atoms with van der Waals surface area (Å²) in [5.74, 6) is -0.494. The molecule has 1 N–H and O–H groups in total. The van der Waals surface area contributed by atoms with E-state index < -0.39 is 0 Å². The molecule has 0 bridgehead atoms. The van der Waals surface area contributed by atoms with Crippen molar-refractivity contribution in [1.82, 2.24) is 4.98 Å². The lowest BCUT2D eigenvalue weighted by atomic mass is 9.91. The Balaban J connectivity index is 2.01. The average molecular weight is 257 g/mol. The maximum Gasteiger partial charge on any atom is 0.209 e. The minimum atomic E-state index is -0.375. The van der Waals surface area contributed by atoms with Crippen LogP contribution in [0.25, 0.3) is 0 Å². The first-order chi connectivity index (χ1) is 9.16. The van der Waals surface area contributed by atoms with Crippen LogP contribution in [0.2, 0.25) is 0 Å². The predicted octanol–water partition coefficient (Wildman–Crippen LogP) is 2.90. The van der Waals surface area contributed by atoms with E-state index >= 15 is 0 Å². The first-order valence-corrected chi connectivity index (χ1v) is 6.20. The molecular formula is C15H12FNO2. The second-order valence-electron chi connectivity index (χ2n) is 4.67. The first kappa shape index (κ1) is 11.8. The summed E-state index contributed by atoms with van der Waals surface area (Å²) < 4.78 is 12.9. The fourth-order valence-electron chi connectivity index (χ4n) is 2.47. The Morgan fingerprint density at radius 1 is 1.16 bits per heavy atom. The summed E-state index contributed by atoms with van der Waals surface area (Å²) in [7, 11) is 0. The highest BCUT2D eigenvalue weighted by Crippen LogP contribution is 2.25. The third-order valence-corrected chi connectivity index (χ3v) is 3.45. The van der Waals surface area contributed by atoms with E-state index in [-0.39, 0.29) is 17.4 Å². The Morgan fingerprint density at radius 2 is 1.89 bits per heavy atom. The van der Waals surface area contributed by atoms with Gasteiger partial charge in [-0.3, -0.25) is 9.59 Å². The third kappa shape index (κ3) is 1.99. The summed E-state index contributed by atoms with van der Waals surface area (Å²) >= 11 is 0. The molecule has 96 valence electrons. The van der Waals surface area contributed by atoms with Crippen LogP contribution >= 0.6 is 0 Å². The normalized spacial score (nSPS) is 14.3. The van der Waals surface area contributed by atoms with Gasteiger partial charge in [-0.05, 0) is 42.7 Å². The van der Waals surface area contributed by atoms with Gasteiger partial charge in [0.2, 0.25) is 5.78 Å². The number of aromatic nitrogens is 1. The van der Waals surface area contributed by atoms with Crippen LogP contribution < -0.4 is 0 Å². The first-order valence-electron chi connectivity index (χ1n) is 6.20. The molecule has 0 atom stereocenters. The molecule has 0 amide bonds. The smallest absolute Gasteiger partial charge is 0.209 e. The van der Waals surface area contributed by atoms with Crippen molar-refractivity contribution >= 4 is 11.6 Å². The van der Waals surface area contributed by atoms with E-state index in [0.717, 1.165) is 18.4 Å². The van der Waals surface area contributed by atoms with E-state index in [4.69, 9.17) is 0 Å². The fourth-order valence-corrected chi connectivity index (χ4v) is 2.47. The van der Waals surface area contributed by atoms with Crippen molar-refractivity contribution in [3.05, 3.63) is 58.7 Å². The molecule has 3 rings (SSSR count). The van der Waals surface area contributed by atoms with Gasteiger partial charge in [0.1, 0.15) is 5.82 Å². The van der Waals surface area contributed by atoms with Crippen molar-refractivity contribution < 1.29 is 14.0 Å². The molecule has 0 unspecified atom stereocenters.